The van der Waals surface area contributed by atoms with Crippen molar-refractivity contribution in [1.82, 2.24) is 4.98 Å². The van der Waals surface area contributed by atoms with Gasteiger partial charge in [0.15, 0.2) is 9.84 Å². The summed E-state index contributed by atoms with van der Waals surface area (Å²) in [5.74, 6) is 0.106. The maximum atomic E-state index is 12.2. The molecule has 0 bridgehead atoms. The van der Waals surface area contributed by atoms with Gasteiger partial charge < -0.3 is 4.90 Å². The predicted molar refractivity (Wildman–Crippen MR) is 87.8 cm³/mol. The molecule has 4 nitrogen and oxygen atoms in total. The van der Waals surface area contributed by atoms with E-state index < -0.39 is 9.84 Å². The number of sulfone groups is 1. The van der Waals surface area contributed by atoms with Crippen LogP contribution in [0.2, 0.25) is 0 Å². The van der Waals surface area contributed by atoms with Crippen LogP contribution in [0.5, 0.6) is 0 Å². The van der Waals surface area contributed by atoms with E-state index in [4.69, 9.17) is 0 Å². The molecule has 21 heavy (non-hydrogen) atoms. The number of aryl methyl sites for hydroxylation is 1. The average molecular weight is 324 g/mol. The fourth-order valence-electron chi connectivity index (χ4n) is 2.06. The number of rotatable bonds is 6. The van der Waals surface area contributed by atoms with Gasteiger partial charge in [-0.3, -0.25) is 0 Å². The fourth-order valence-corrected chi connectivity index (χ4v) is 4.12. The molecule has 6 heteroatoms. The smallest absolute Gasteiger partial charge is 0.180 e. The van der Waals surface area contributed by atoms with Crippen LogP contribution in [-0.2, 0) is 22.8 Å². The van der Waals surface area contributed by atoms with Crippen molar-refractivity contribution in [3.63, 3.8) is 0 Å². The third kappa shape index (κ3) is 3.63. The molecule has 0 unspecified atom stereocenters. The van der Waals surface area contributed by atoms with Crippen molar-refractivity contribution in [2.45, 2.75) is 31.7 Å². The zero-order valence-electron chi connectivity index (χ0n) is 12.5. The summed E-state index contributed by atoms with van der Waals surface area (Å²) in [6.07, 6.45) is 2.87. The van der Waals surface area contributed by atoms with Crippen molar-refractivity contribution < 1.29 is 8.42 Å². The number of aromatic nitrogens is 1. The van der Waals surface area contributed by atoms with E-state index in [0.717, 1.165) is 17.1 Å². The third-order valence-corrected chi connectivity index (χ3v) is 6.22. The van der Waals surface area contributed by atoms with E-state index in [0.29, 0.717) is 11.4 Å². The van der Waals surface area contributed by atoms with Crippen LogP contribution < -0.4 is 4.90 Å². The summed E-state index contributed by atoms with van der Waals surface area (Å²) in [5.41, 5.74) is 0.729. The molecular formula is C15H20N2O2S2. The Morgan fingerprint density at radius 1 is 1.24 bits per heavy atom. The first-order chi connectivity index (χ1) is 9.97. The Bertz CT molecular complexity index is 708. The van der Waals surface area contributed by atoms with Crippen LogP contribution in [0.1, 0.15) is 23.7 Å². The Labute approximate surface area is 130 Å². The maximum absolute atomic E-state index is 12.2. The summed E-state index contributed by atoms with van der Waals surface area (Å²) in [6, 6.07) is 7.14. The molecule has 1 aromatic heterocycles. The summed E-state index contributed by atoms with van der Waals surface area (Å²) in [6.45, 7) is 4.38. The Morgan fingerprint density at radius 3 is 2.57 bits per heavy atom. The number of benzene rings is 1. The molecule has 1 heterocycles. The molecule has 0 amide bonds. The molecule has 0 spiro atoms. The molecular weight excluding hydrogens is 304 g/mol. The average Bonchev–Trinajstić information content (AvgIpc) is 2.94. The second-order valence-corrected chi connectivity index (χ2v) is 8.25. The number of thiazole rings is 1. The van der Waals surface area contributed by atoms with Crippen molar-refractivity contribution in [3.8, 4) is 0 Å². The highest BCUT2D eigenvalue weighted by Crippen LogP contribution is 2.27. The summed E-state index contributed by atoms with van der Waals surface area (Å²) in [5, 5.41) is 0.998. The second kappa shape index (κ2) is 6.58. The van der Waals surface area contributed by atoms with Crippen LogP contribution in [0.15, 0.2) is 35.4 Å². The zero-order chi connectivity index (χ0) is 15.5. The van der Waals surface area contributed by atoms with Crippen molar-refractivity contribution in [1.29, 1.82) is 0 Å². The Balaban J connectivity index is 2.29. The van der Waals surface area contributed by atoms with Gasteiger partial charge in [-0.2, -0.15) is 0 Å². The molecule has 0 atom stereocenters. The largest absolute Gasteiger partial charge is 0.367 e. The topological polar surface area (TPSA) is 50.3 Å². The van der Waals surface area contributed by atoms with E-state index in [2.05, 4.69) is 11.9 Å². The summed E-state index contributed by atoms with van der Waals surface area (Å²) in [4.78, 5) is 7.97. The van der Waals surface area contributed by atoms with Gasteiger partial charge in [0.05, 0.1) is 22.9 Å². The molecule has 0 aliphatic carbocycles. The van der Waals surface area contributed by atoms with Gasteiger partial charge in [-0.15, -0.1) is 11.3 Å². The summed E-state index contributed by atoms with van der Waals surface area (Å²) >= 11 is 1.67. The molecule has 0 saturated carbocycles. The lowest BCUT2D eigenvalue weighted by Crippen LogP contribution is -2.19. The summed E-state index contributed by atoms with van der Waals surface area (Å²) in [7, 11) is -1.32. The Morgan fingerprint density at radius 2 is 1.95 bits per heavy atom. The van der Waals surface area contributed by atoms with E-state index in [-0.39, 0.29) is 5.75 Å². The van der Waals surface area contributed by atoms with Crippen LogP contribution in [0.4, 0.5) is 5.69 Å². The first kappa shape index (κ1) is 16.0. The van der Waals surface area contributed by atoms with Gasteiger partial charge in [-0.05, 0) is 18.6 Å². The Hall–Kier alpha value is -1.40. The number of hydrogen-bond donors (Lipinski definition) is 0. The highest BCUT2D eigenvalue weighted by atomic mass is 32.2. The summed E-state index contributed by atoms with van der Waals surface area (Å²) < 4.78 is 24.4. The molecule has 0 N–H and O–H groups in total. The second-order valence-electron chi connectivity index (χ2n) is 4.80. The standard InChI is InChI=1S/C15H20N2O2S2/c1-4-12-10-16-15(20-12)11-17(3)13-8-6-7-9-14(13)21(18,19)5-2/h6-10H,4-5,11H2,1-3H3. The quantitative estimate of drug-likeness (QED) is 0.819. The van der Waals surface area contributed by atoms with Gasteiger partial charge in [0.1, 0.15) is 5.01 Å². The predicted octanol–water partition coefficient (Wildman–Crippen LogP) is 3.14. The minimum Gasteiger partial charge on any atom is -0.367 e. The monoisotopic (exact) mass is 324 g/mol. The molecule has 0 saturated heterocycles. The van der Waals surface area contributed by atoms with E-state index >= 15 is 0 Å². The van der Waals surface area contributed by atoms with Crippen molar-refractivity contribution in [2.75, 3.05) is 17.7 Å². The molecule has 0 aliphatic rings. The minimum atomic E-state index is -3.22. The lowest BCUT2D eigenvalue weighted by Gasteiger charge is -2.21. The third-order valence-electron chi connectivity index (χ3n) is 3.31. The van der Waals surface area contributed by atoms with E-state index in [1.807, 2.05) is 30.3 Å². The number of anilines is 1. The van der Waals surface area contributed by atoms with Crippen molar-refractivity contribution >= 4 is 26.9 Å². The molecule has 0 radical (unpaired) electrons. The van der Waals surface area contributed by atoms with Crippen LogP contribution in [0.3, 0.4) is 0 Å². The maximum Gasteiger partial charge on any atom is 0.180 e. The van der Waals surface area contributed by atoms with Gasteiger partial charge in [-0.25, -0.2) is 13.4 Å². The fraction of sp³-hybridized carbons (Fsp3) is 0.400. The van der Waals surface area contributed by atoms with Gasteiger partial charge in [0.25, 0.3) is 0 Å². The molecule has 0 fully saturated rings. The molecule has 1 aromatic carbocycles. The first-order valence-corrected chi connectivity index (χ1v) is 9.41. The van der Waals surface area contributed by atoms with Gasteiger partial charge in [0.2, 0.25) is 0 Å². The van der Waals surface area contributed by atoms with Gasteiger partial charge in [0, 0.05) is 18.1 Å². The van der Waals surface area contributed by atoms with Crippen molar-refractivity contribution in [2.24, 2.45) is 0 Å². The number of para-hydroxylation sites is 1. The van der Waals surface area contributed by atoms with Gasteiger partial charge >= 0.3 is 0 Å². The molecule has 114 valence electrons. The van der Waals surface area contributed by atoms with E-state index in [1.54, 1.807) is 30.4 Å². The molecule has 0 aliphatic heterocycles. The normalized spacial score (nSPS) is 11.6. The van der Waals surface area contributed by atoms with Crippen LogP contribution in [0.25, 0.3) is 0 Å². The minimum absolute atomic E-state index is 0.106. The Kier molecular flexibility index (Phi) is 5.00. The number of nitrogens with zero attached hydrogens (tertiary/aromatic N) is 2. The van der Waals surface area contributed by atoms with E-state index in [1.165, 1.54) is 4.88 Å². The van der Waals surface area contributed by atoms with Crippen LogP contribution >= 0.6 is 11.3 Å². The van der Waals surface area contributed by atoms with E-state index in [9.17, 15) is 8.42 Å². The zero-order valence-corrected chi connectivity index (χ0v) is 14.2. The van der Waals surface area contributed by atoms with Crippen LogP contribution in [0, 0.1) is 0 Å². The molecule has 2 aromatic rings. The van der Waals surface area contributed by atoms with Crippen LogP contribution in [-0.4, -0.2) is 26.2 Å². The van der Waals surface area contributed by atoms with Gasteiger partial charge in [-0.1, -0.05) is 26.0 Å². The highest BCUT2D eigenvalue weighted by Gasteiger charge is 2.18. The highest BCUT2D eigenvalue weighted by molar-refractivity contribution is 7.91. The molecule has 2 rings (SSSR count). The number of hydrogen-bond acceptors (Lipinski definition) is 5. The SMILES string of the molecule is CCc1cnc(CN(C)c2ccccc2S(=O)(=O)CC)s1. The lowest BCUT2D eigenvalue weighted by atomic mass is 10.3. The van der Waals surface area contributed by atoms with Crippen molar-refractivity contribution in [3.05, 3.63) is 40.3 Å². The first-order valence-electron chi connectivity index (χ1n) is 6.94. The lowest BCUT2D eigenvalue weighted by molar-refractivity contribution is 0.597.